The number of hydrogen-bond donors (Lipinski definition) is 1. The molecule has 0 aromatic heterocycles. The van der Waals surface area contributed by atoms with Gasteiger partial charge in [0.25, 0.3) is 0 Å². The van der Waals surface area contributed by atoms with Gasteiger partial charge in [0, 0.05) is 0 Å². The highest BCUT2D eigenvalue weighted by atomic mass is 19.4. The quantitative estimate of drug-likeness (QED) is 0.840. The summed E-state index contributed by atoms with van der Waals surface area (Å²) in [5.41, 5.74) is 0.273. The van der Waals surface area contributed by atoms with Gasteiger partial charge in [-0.25, -0.2) is 0 Å². The van der Waals surface area contributed by atoms with Crippen LogP contribution in [0.5, 0.6) is 0 Å². The molecule has 0 saturated heterocycles. The summed E-state index contributed by atoms with van der Waals surface area (Å²) in [6.45, 7) is 0.876. The maximum atomic E-state index is 12.5. The molecular weight excluding hydrogens is 215 g/mol. The van der Waals surface area contributed by atoms with Gasteiger partial charge in [-0.15, -0.1) is 0 Å². The van der Waals surface area contributed by atoms with E-state index in [1.807, 2.05) is 7.05 Å². The molecule has 1 saturated carbocycles. The van der Waals surface area contributed by atoms with Crippen molar-refractivity contribution >= 4 is 0 Å². The summed E-state index contributed by atoms with van der Waals surface area (Å²) in [5, 5.41) is 3.05. The molecule has 16 heavy (non-hydrogen) atoms. The molecule has 0 amide bonds. The monoisotopic (exact) mass is 229 g/mol. The molecule has 0 spiro atoms. The van der Waals surface area contributed by atoms with Gasteiger partial charge in [0.2, 0.25) is 0 Å². The van der Waals surface area contributed by atoms with Gasteiger partial charge in [-0.1, -0.05) is 18.2 Å². The van der Waals surface area contributed by atoms with Crippen molar-refractivity contribution < 1.29 is 13.2 Å². The van der Waals surface area contributed by atoms with E-state index >= 15 is 0 Å². The van der Waals surface area contributed by atoms with E-state index in [0.717, 1.165) is 24.6 Å². The topological polar surface area (TPSA) is 12.0 Å². The van der Waals surface area contributed by atoms with Crippen molar-refractivity contribution in [1.29, 1.82) is 0 Å². The van der Waals surface area contributed by atoms with Gasteiger partial charge >= 0.3 is 6.18 Å². The van der Waals surface area contributed by atoms with E-state index in [-0.39, 0.29) is 0 Å². The SMILES string of the molecule is CNCC1CC1c1cccc(C(F)(F)F)c1. The maximum absolute atomic E-state index is 12.5. The van der Waals surface area contributed by atoms with Crippen LogP contribution in [0.3, 0.4) is 0 Å². The smallest absolute Gasteiger partial charge is 0.319 e. The number of nitrogens with one attached hydrogen (secondary N) is 1. The highest BCUT2D eigenvalue weighted by Crippen LogP contribution is 2.47. The van der Waals surface area contributed by atoms with Gasteiger partial charge in [-0.3, -0.25) is 0 Å². The Labute approximate surface area is 92.7 Å². The zero-order valence-electron chi connectivity index (χ0n) is 9.01. The minimum Gasteiger partial charge on any atom is -0.319 e. The summed E-state index contributed by atoms with van der Waals surface area (Å²) in [6, 6.07) is 5.68. The Bertz CT molecular complexity index is 373. The molecular formula is C12H14F3N. The summed E-state index contributed by atoms with van der Waals surface area (Å²) in [6.07, 6.45) is -3.24. The minimum atomic E-state index is -4.23. The van der Waals surface area contributed by atoms with Crippen LogP contribution in [0.2, 0.25) is 0 Å². The summed E-state index contributed by atoms with van der Waals surface area (Å²) < 4.78 is 37.5. The van der Waals surface area contributed by atoms with E-state index in [9.17, 15) is 13.2 Å². The van der Waals surface area contributed by atoms with Crippen molar-refractivity contribution in [3.8, 4) is 0 Å². The Morgan fingerprint density at radius 3 is 2.75 bits per heavy atom. The number of hydrogen-bond acceptors (Lipinski definition) is 1. The van der Waals surface area contributed by atoms with E-state index in [2.05, 4.69) is 5.32 Å². The van der Waals surface area contributed by atoms with Crippen LogP contribution in [0.1, 0.15) is 23.5 Å². The molecule has 88 valence electrons. The second-order valence-electron chi connectivity index (χ2n) is 4.28. The van der Waals surface area contributed by atoms with E-state index < -0.39 is 11.7 Å². The Morgan fingerprint density at radius 1 is 1.38 bits per heavy atom. The van der Waals surface area contributed by atoms with Crippen molar-refractivity contribution in [2.75, 3.05) is 13.6 Å². The fourth-order valence-corrected chi connectivity index (χ4v) is 2.09. The molecule has 1 fully saturated rings. The van der Waals surface area contributed by atoms with E-state index in [1.54, 1.807) is 6.07 Å². The van der Waals surface area contributed by atoms with Crippen molar-refractivity contribution in [2.24, 2.45) is 5.92 Å². The van der Waals surface area contributed by atoms with Crippen molar-refractivity contribution in [3.63, 3.8) is 0 Å². The molecule has 1 aliphatic carbocycles. The number of alkyl halides is 3. The van der Waals surface area contributed by atoms with Crippen molar-refractivity contribution in [1.82, 2.24) is 5.32 Å². The van der Waals surface area contributed by atoms with Crippen LogP contribution >= 0.6 is 0 Å². The molecule has 0 radical (unpaired) electrons. The Balaban J connectivity index is 2.12. The molecule has 1 aliphatic rings. The lowest BCUT2D eigenvalue weighted by Crippen LogP contribution is -2.10. The third-order valence-corrected chi connectivity index (χ3v) is 3.03. The van der Waals surface area contributed by atoms with Crippen LogP contribution in [-0.2, 0) is 6.18 Å². The molecule has 4 heteroatoms. The van der Waals surface area contributed by atoms with Crippen LogP contribution in [0.4, 0.5) is 13.2 Å². The van der Waals surface area contributed by atoms with Gasteiger partial charge in [-0.05, 0) is 43.5 Å². The first-order valence-corrected chi connectivity index (χ1v) is 5.34. The molecule has 1 aromatic carbocycles. The van der Waals surface area contributed by atoms with E-state index in [1.165, 1.54) is 12.1 Å². The second-order valence-corrected chi connectivity index (χ2v) is 4.28. The first kappa shape index (κ1) is 11.5. The molecule has 2 unspecified atom stereocenters. The van der Waals surface area contributed by atoms with Crippen LogP contribution < -0.4 is 5.32 Å². The Hall–Kier alpha value is -1.03. The lowest BCUT2D eigenvalue weighted by Gasteiger charge is -2.08. The highest BCUT2D eigenvalue weighted by molar-refractivity contribution is 5.32. The first-order chi connectivity index (χ1) is 7.52. The summed E-state index contributed by atoms with van der Waals surface area (Å²) in [7, 11) is 1.86. The van der Waals surface area contributed by atoms with Crippen molar-refractivity contribution in [2.45, 2.75) is 18.5 Å². The van der Waals surface area contributed by atoms with Crippen LogP contribution in [0, 0.1) is 5.92 Å². The van der Waals surface area contributed by atoms with E-state index in [4.69, 9.17) is 0 Å². The molecule has 2 atom stereocenters. The van der Waals surface area contributed by atoms with Crippen LogP contribution in [-0.4, -0.2) is 13.6 Å². The third-order valence-electron chi connectivity index (χ3n) is 3.03. The third kappa shape index (κ3) is 2.38. The van der Waals surface area contributed by atoms with Crippen LogP contribution in [0.15, 0.2) is 24.3 Å². The average molecular weight is 229 g/mol. The average Bonchev–Trinajstić information content (AvgIpc) is 2.97. The molecule has 0 bridgehead atoms. The number of benzene rings is 1. The fourth-order valence-electron chi connectivity index (χ4n) is 2.09. The van der Waals surface area contributed by atoms with Gasteiger partial charge in [0.1, 0.15) is 0 Å². The first-order valence-electron chi connectivity index (χ1n) is 5.34. The standard InChI is InChI=1S/C12H14F3N/c1-16-7-9-6-11(9)8-3-2-4-10(5-8)12(13,14)15/h2-5,9,11,16H,6-7H2,1H3. The maximum Gasteiger partial charge on any atom is 0.416 e. The second kappa shape index (κ2) is 4.09. The lowest BCUT2D eigenvalue weighted by molar-refractivity contribution is -0.137. The van der Waals surface area contributed by atoms with Gasteiger partial charge in [-0.2, -0.15) is 13.2 Å². The van der Waals surface area contributed by atoms with E-state index in [0.29, 0.717) is 11.8 Å². The zero-order chi connectivity index (χ0) is 11.8. The predicted molar refractivity (Wildman–Crippen MR) is 56.2 cm³/mol. The Morgan fingerprint density at radius 2 is 2.12 bits per heavy atom. The molecule has 1 N–H and O–H groups in total. The summed E-state index contributed by atoms with van der Waals surface area (Å²) in [4.78, 5) is 0. The van der Waals surface area contributed by atoms with Crippen LogP contribution in [0.25, 0.3) is 0 Å². The van der Waals surface area contributed by atoms with Gasteiger partial charge in [0.15, 0.2) is 0 Å². The lowest BCUT2D eigenvalue weighted by atomic mass is 10.1. The molecule has 1 aromatic rings. The fraction of sp³-hybridized carbons (Fsp3) is 0.500. The summed E-state index contributed by atoms with van der Waals surface area (Å²) in [5.74, 6) is 0.795. The summed E-state index contributed by atoms with van der Waals surface area (Å²) >= 11 is 0. The highest BCUT2D eigenvalue weighted by Gasteiger charge is 2.39. The minimum absolute atomic E-state index is 0.301. The molecule has 0 aliphatic heterocycles. The number of rotatable bonds is 3. The molecule has 1 nitrogen and oxygen atoms in total. The Kier molecular flexibility index (Phi) is 2.93. The van der Waals surface area contributed by atoms with Crippen molar-refractivity contribution in [3.05, 3.63) is 35.4 Å². The zero-order valence-corrected chi connectivity index (χ0v) is 9.01. The predicted octanol–water partition coefficient (Wildman–Crippen LogP) is 3.03. The largest absolute Gasteiger partial charge is 0.416 e. The normalized spacial score (nSPS) is 24.5. The molecule has 2 rings (SSSR count). The molecule has 0 heterocycles. The number of halogens is 3. The van der Waals surface area contributed by atoms with Gasteiger partial charge in [0.05, 0.1) is 5.56 Å². The van der Waals surface area contributed by atoms with Gasteiger partial charge < -0.3 is 5.32 Å².